The summed E-state index contributed by atoms with van der Waals surface area (Å²) in [6.45, 7) is 13.8. The highest BCUT2D eigenvalue weighted by atomic mass is 28.1. The van der Waals surface area contributed by atoms with Crippen molar-refractivity contribution in [2.75, 3.05) is 12.8 Å². The maximum atomic E-state index is 5.52. The Balaban J connectivity index is 4.19. The van der Waals surface area contributed by atoms with E-state index in [4.69, 9.17) is 4.74 Å². The first-order valence-electron chi connectivity index (χ1n) is 5.77. The molecule has 0 aliphatic rings. The van der Waals surface area contributed by atoms with Gasteiger partial charge in [-0.05, 0) is 41.5 Å². The van der Waals surface area contributed by atoms with Crippen LogP contribution in [0.2, 0.25) is 0 Å². The number of ether oxygens (including phenoxy) is 1. The molecular weight excluding hydrogens is 204 g/mol. The van der Waals surface area contributed by atoms with Crippen LogP contribution in [0, 0.1) is 0 Å². The Kier molecular flexibility index (Phi) is 6.03. The van der Waals surface area contributed by atoms with Crippen molar-refractivity contribution in [2.45, 2.75) is 58.8 Å². The zero-order valence-corrected chi connectivity index (χ0v) is 13.4. The summed E-state index contributed by atoms with van der Waals surface area (Å²) < 4.78 is 5.52. The fourth-order valence-electron chi connectivity index (χ4n) is 1.40. The summed E-state index contributed by atoms with van der Waals surface area (Å²) in [5.74, 6) is 0. The molecule has 15 heavy (non-hydrogen) atoms. The van der Waals surface area contributed by atoms with Crippen LogP contribution in [0.4, 0.5) is 0 Å². The Bertz CT molecular complexity index is 156. The number of rotatable bonds is 5. The lowest BCUT2D eigenvalue weighted by Crippen LogP contribution is -2.58. The molecule has 0 bridgehead atoms. The lowest BCUT2D eigenvalue weighted by Gasteiger charge is -2.34. The van der Waals surface area contributed by atoms with Gasteiger partial charge in [0.2, 0.25) is 0 Å². The van der Waals surface area contributed by atoms with Gasteiger partial charge in [-0.25, -0.2) is 0 Å². The summed E-state index contributed by atoms with van der Waals surface area (Å²) >= 11 is 0. The average Bonchev–Trinajstić information content (AvgIpc) is 1.94. The monoisotopic (exact) mass is 232 g/mol. The Morgan fingerprint density at radius 3 is 1.67 bits per heavy atom. The minimum Gasteiger partial charge on any atom is -0.383 e. The van der Waals surface area contributed by atoms with E-state index in [0.717, 1.165) is 23.1 Å². The van der Waals surface area contributed by atoms with Crippen LogP contribution in [0.5, 0.6) is 0 Å². The van der Waals surface area contributed by atoms with E-state index in [2.05, 4.69) is 52.2 Å². The second kappa shape index (κ2) is 5.99. The number of hydrogen-bond acceptors (Lipinski definition) is 3. The van der Waals surface area contributed by atoms with Crippen molar-refractivity contribution < 1.29 is 4.74 Å². The highest BCUT2D eigenvalue weighted by Gasteiger charge is 2.21. The van der Waals surface area contributed by atoms with Crippen LogP contribution in [-0.4, -0.2) is 40.3 Å². The molecule has 0 atom stereocenters. The largest absolute Gasteiger partial charge is 0.383 e. The van der Waals surface area contributed by atoms with E-state index < -0.39 is 0 Å². The van der Waals surface area contributed by atoms with Crippen LogP contribution in [0.15, 0.2) is 0 Å². The second-order valence-corrected chi connectivity index (χ2v) is 6.58. The molecule has 4 heteroatoms. The van der Waals surface area contributed by atoms with Crippen molar-refractivity contribution in [3.8, 4) is 0 Å². The fraction of sp³-hybridized carbons (Fsp3) is 1.00. The van der Waals surface area contributed by atoms with Gasteiger partial charge in [0.25, 0.3) is 0 Å². The molecule has 0 aromatic carbocycles. The Labute approximate surface area is 97.8 Å². The smallest absolute Gasteiger partial charge is 0.0820 e. The third-order valence-electron chi connectivity index (χ3n) is 1.70. The van der Waals surface area contributed by atoms with Crippen molar-refractivity contribution in [3.05, 3.63) is 0 Å². The highest BCUT2D eigenvalue weighted by molar-refractivity contribution is 6.08. The molecule has 0 saturated carbocycles. The topological polar surface area (TPSA) is 33.3 Å². The molecule has 0 heterocycles. The van der Waals surface area contributed by atoms with Crippen molar-refractivity contribution >= 4 is 10.2 Å². The molecular formula is C11H28N2OSi. The quantitative estimate of drug-likeness (QED) is 0.533. The van der Waals surface area contributed by atoms with Crippen molar-refractivity contribution in [3.63, 3.8) is 0 Å². The Morgan fingerprint density at radius 2 is 1.40 bits per heavy atom. The molecule has 0 rings (SSSR count). The van der Waals surface area contributed by atoms with Crippen LogP contribution in [0.25, 0.3) is 0 Å². The van der Waals surface area contributed by atoms with E-state index in [1.807, 2.05) is 0 Å². The standard InChI is InChI=1S/C11H28N2OSi/c1-10(2,3)12-9(7-14-8-15)13-11(4,5)6/h9,12-13H,7-8H2,1-6,15H3. The second-order valence-electron chi connectivity index (χ2n) is 6.00. The SMILES string of the molecule is CC(C)(C)NC(COC[SiH3])NC(C)(C)C. The molecule has 0 aliphatic heterocycles. The predicted molar refractivity (Wildman–Crippen MR) is 70.3 cm³/mol. The van der Waals surface area contributed by atoms with E-state index in [9.17, 15) is 0 Å². The molecule has 0 fully saturated rings. The van der Waals surface area contributed by atoms with E-state index in [1.165, 1.54) is 0 Å². The summed E-state index contributed by atoms with van der Waals surface area (Å²) in [5.41, 5.74) is 0.217. The predicted octanol–water partition coefficient (Wildman–Crippen LogP) is 0.428. The van der Waals surface area contributed by atoms with Gasteiger partial charge in [0.15, 0.2) is 0 Å². The lowest BCUT2D eigenvalue weighted by atomic mass is 10.1. The van der Waals surface area contributed by atoms with Gasteiger partial charge >= 0.3 is 0 Å². The van der Waals surface area contributed by atoms with E-state index in [0.29, 0.717) is 0 Å². The van der Waals surface area contributed by atoms with Gasteiger partial charge in [-0.2, -0.15) is 0 Å². The molecule has 0 aromatic heterocycles. The van der Waals surface area contributed by atoms with Gasteiger partial charge in [-0.3, -0.25) is 10.6 Å². The number of nitrogens with one attached hydrogen (secondary N) is 2. The maximum absolute atomic E-state index is 5.52. The molecule has 0 aromatic rings. The molecule has 0 saturated heterocycles. The molecule has 92 valence electrons. The molecule has 0 spiro atoms. The van der Waals surface area contributed by atoms with Gasteiger partial charge in [0.1, 0.15) is 0 Å². The Morgan fingerprint density at radius 1 is 1.00 bits per heavy atom. The van der Waals surface area contributed by atoms with Gasteiger partial charge in [-0.15, -0.1) is 0 Å². The van der Waals surface area contributed by atoms with Crippen LogP contribution in [-0.2, 0) is 4.74 Å². The summed E-state index contributed by atoms with van der Waals surface area (Å²) in [5, 5.41) is 7.05. The molecule has 3 nitrogen and oxygen atoms in total. The van der Waals surface area contributed by atoms with Crippen molar-refractivity contribution in [1.29, 1.82) is 0 Å². The highest BCUT2D eigenvalue weighted by Crippen LogP contribution is 2.05. The van der Waals surface area contributed by atoms with Gasteiger partial charge in [-0.1, -0.05) is 0 Å². The van der Waals surface area contributed by atoms with E-state index >= 15 is 0 Å². The van der Waals surface area contributed by atoms with Crippen molar-refractivity contribution in [2.24, 2.45) is 0 Å². The first kappa shape index (κ1) is 15.1. The molecule has 0 radical (unpaired) electrons. The minimum absolute atomic E-state index is 0.109. The molecule has 2 N–H and O–H groups in total. The molecule has 0 unspecified atom stereocenters. The van der Waals surface area contributed by atoms with Crippen LogP contribution in [0.1, 0.15) is 41.5 Å². The Hall–Kier alpha value is 0.0969. The minimum atomic E-state index is 0.109. The maximum Gasteiger partial charge on any atom is 0.0820 e. The summed E-state index contributed by atoms with van der Waals surface area (Å²) in [7, 11) is 1.10. The summed E-state index contributed by atoms with van der Waals surface area (Å²) in [6.07, 6.45) is 1.12. The van der Waals surface area contributed by atoms with Crippen LogP contribution >= 0.6 is 0 Å². The van der Waals surface area contributed by atoms with Gasteiger partial charge in [0, 0.05) is 27.6 Å². The zero-order valence-electron chi connectivity index (χ0n) is 11.4. The average molecular weight is 232 g/mol. The van der Waals surface area contributed by atoms with Gasteiger partial charge in [0.05, 0.1) is 12.8 Å². The third kappa shape index (κ3) is 10.4. The zero-order chi connectivity index (χ0) is 12.1. The summed E-state index contributed by atoms with van der Waals surface area (Å²) in [6, 6.07) is 0. The van der Waals surface area contributed by atoms with E-state index in [-0.39, 0.29) is 17.2 Å². The van der Waals surface area contributed by atoms with E-state index in [1.54, 1.807) is 0 Å². The lowest BCUT2D eigenvalue weighted by molar-refractivity contribution is 0.110. The first-order chi connectivity index (χ1) is 6.64. The third-order valence-corrected chi connectivity index (χ3v) is 2.11. The normalized spacial score (nSPS) is 13.8. The van der Waals surface area contributed by atoms with Crippen LogP contribution < -0.4 is 10.6 Å². The van der Waals surface area contributed by atoms with Crippen LogP contribution in [0.3, 0.4) is 0 Å². The fourth-order valence-corrected chi connectivity index (χ4v) is 1.64. The van der Waals surface area contributed by atoms with Crippen molar-refractivity contribution in [1.82, 2.24) is 10.6 Å². The number of hydrogen-bond donors (Lipinski definition) is 2. The molecule has 0 aliphatic carbocycles. The van der Waals surface area contributed by atoms with Gasteiger partial charge < -0.3 is 4.74 Å². The summed E-state index contributed by atoms with van der Waals surface area (Å²) in [4.78, 5) is 0. The molecule has 0 amide bonds. The first-order valence-corrected chi connectivity index (χ1v) is 7.18.